The molecular weight excluding hydrogens is 689 g/mol. The van der Waals surface area contributed by atoms with E-state index in [9.17, 15) is 24.3 Å². The molecule has 52 heavy (non-hydrogen) atoms. The summed E-state index contributed by atoms with van der Waals surface area (Å²) in [6.07, 6.45) is 1.60. The first kappa shape index (κ1) is 37.9. The van der Waals surface area contributed by atoms with Crippen LogP contribution in [-0.4, -0.2) is 80.6 Å². The molecule has 0 aliphatic carbocycles. The number of carbonyl (C=O) groups is 4. The van der Waals surface area contributed by atoms with Gasteiger partial charge in [-0.1, -0.05) is 49.4 Å². The Bertz CT molecular complexity index is 1840. The van der Waals surface area contributed by atoms with Crippen molar-refractivity contribution >= 4 is 35.0 Å². The highest BCUT2D eigenvalue weighted by atomic mass is 32.1. The molecule has 0 spiro atoms. The minimum atomic E-state index is -1.41. The number of benzene rings is 2. The highest BCUT2D eigenvalue weighted by Gasteiger charge is 2.32. The SMILES string of the molecule is COc1ccc2c(c1)C(=O)N[C@@H](CC(C)C)c1nc(cs1)C(=O)N[C@@H]([C@@H](C)O)C(=O)N[C@H](Cc1ccccc1)C(=O)NCc1cn(nn1)CCCO2. The molecule has 0 fully saturated rings. The average Bonchev–Trinajstić information content (AvgIpc) is 3.81. The number of methoxy groups -OCH3 is 1. The van der Waals surface area contributed by atoms with Crippen molar-refractivity contribution in [2.75, 3.05) is 13.7 Å². The topological polar surface area (TPSA) is 199 Å². The molecule has 5 rings (SSSR count). The largest absolute Gasteiger partial charge is 0.497 e. The van der Waals surface area contributed by atoms with E-state index in [2.05, 4.69) is 36.6 Å². The number of aryl methyl sites for hydroxylation is 1. The van der Waals surface area contributed by atoms with E-state index in [1.54, 1.807) is 29.1 Å². The number of aliphatic hydroxyl groups is 1. The molecule has 16 heteroatoms. The van der Waals surface area contributed by atoms with E-state index in [-0.39, 0.29) is 36.7 Å². The molecule has 2 aromatic carbocycles. The van der Waals surface area contributed by atoms with Crippen molar-refractivity contribution < 1.29 is 33.8 Å². The van der Waals surface area contributed by atoms with Gasteiger partial charge in [0, 0.05) is 24.8 Å². The zero-order valence-electron chi connectivity index (χ0n) is 29.5. The lowest BCUT2D eigenvalue weighted by molar-refractivity contribution is -0.131. The smallest absolute Gasteiger partial charge is 0.271 e. The van der Waals surface area contributed by atoms with Gasteiger partial charge in [-0.25, -0.2) is 4.98 Å². The molecule has 4 bridgehead atoms. The van der Waals surface area contributed by atoms with E-state index in [4.69, 9.17) is 9.47 Å². The van der Waals surface area contributed by atoms with Gasteiger partial charge >= 0.3 is 0 Å². The molecular formula is C36H44N8O7S. The van der Waals surface area contributed by atoms with Gasteiger partial charge in [0.05, 0.1) is 44.2 Å². The van der Waals surface area contributed by atoms with E-state index < -0.39 is 47.9 Å². The van der Waals surface area contributed by atoms with Gasteiger partial charge in [0.2, 0.25) is 11.8 Å². The average molecular weight is 733 g/mol. The van der Waals surface area contributed by atoms with Crippen LogP contribution in [0.3, 0.4) is 0 Å². The molecule has 1 aliphatic rings. The normalized spacial score (nSPS) is 19.9. The fourth-order valence-corrected chi connectivity index (χ4v) is 6.46. The third-order valence-corrected chi connectivity index (χ3v) is 9.24. The fourth-order valence-electron chi connectivity index (χ4n) is 5.60. The van der Waals surface area contributed by atoms with E-state index >= 15 is 0 Å². The second-order valence-electron chi connectivity index (χ2n) is 12.9. The summed E-state index contributed by atoms with van der Waals surface area (Å²) in [5.41, 5.74) is 1.57. The summed E-state index contributed by atoms with van der Waals surface area (Å²) in [7, 11) is 1.51. The first-order valence-electron chi connectivity index (χ1n) is 17.1. The Morgan fingerprint density at radius 3 is 2.52 bits per heavy atom. The summed E-state index contributed by atoms with van der Waals surface area (Å²) in [5.74, 6) is -1.35. The van der Waals surface area contributed by atoms with Crippen LogP contribution >= 0.6 is 11.3 Å². The first-order chi connectivity index (χ1) is 25.0. The summed E-state index contributed by atoms with van der Waals surface area (Å²) in [5, 5.41) is 32.1. The number of fused-ring (bicyclic) bond motifs is 5. The number of nitrogens with one attached hydrogen (secondary N) is 4. The summed E-state index contributed by atoms with van der Waals surface area (Å²) >= 11 is 1.19. The Hall–Kier alpha value is -5.35. The maximum atomic E-state index is 13.8. The zero-order valence-corrected chi connectivity index (χ0v) is 30.3. The van der Waals surface area contributed by atoms with E-state index in [1.807, 2.05) is 44.2 Å². The van der Waals surface area contributed by atoms with Crippen LogP contribution in [0.4, 0.5) is 0 Å². The molecule has 4 amide bonds. The van der Waals surface area contributed by atoms with Crippen molar-refractivity contribution in [1.82, 2.24) is 41.2 Å². The number of carbonyl (C=O) groups excluding carboxylic acids is 4. The van der Waals surface area contributed by atoms with Gasteiger partial charge in [0.15, 0.2) is 0 Å². The molecule has 2 aromatic heterocycles. The summed E-state index contributed by atoms with van der Waals surface area (Å²) in [6, 6.07) is 11.1. The summed E-state index contributed by atoms with van der Waals surface area (Å²) < 4.78 is 13.1. The van der Waals surface area contributed by atoms with Crippen molar-refractivity contribution in [3.8, 4) is 11.5 Å². The first-order valence-corrected chi connectivity index (χ1v) is 18.0. The lowest BCUT2D eigenvalue weighted by Gasteiger charge is -2.24. The van der Waals surface area contributed by atoms with Crippen LogP contribution in [0.2, 0.25) is 0 Å². The van der Waals surface area contributed by atoms with Crippen molar-refractivity contribution in [1.29, 1.82) is 0 Å². The van der Waals surface area contributed by atoms with Crippen LogP contribution in [0.15, 0.2) is 60.1 Å². The second kappa shape index (κ2) is 17.7. The Morgan fingerprint density at radius 2 is 1.79 bits per heavy atom. The highest BCUT2D eigenvalue weighted by molar-refractivity contribution is 7.09. The number of rotatable bonds is 6. The van der Waals surface area contributed by atoms with Crippen LogP contribution in [0, 0.1) is 5.92 Å². The van der Waals surface area contributed by atoms with Gasteiger partial charge in [0.1, 0.15) is 40.0 Å². The molecule has 4 atom stereocenters. The van der Waals surface area contributed by atoms with Crippen LogP contribution in [0.5, 0.6) is 11.5 Å². The van der Waals surface area contributed by atoms with Crippen LogP contribution < -0.4 is 30.7 Å². The number of hydrogen-bond acceptors (Lipinski definition) is 11. The van der Waals surface area contributed by atoms with Crippen molar-refractivity contribution in [2.45, 2.75) is 77.4 Å². The standard InChI is InChI=1S/C36H44N8O7S/c1-21(2)15-28-36-40-29(20-52-36)34(48)41-31(22(3)45)35(49)38-27(16-23-9-6-5-7-10-23)33(47)37-18-24-19-44(43-42-24)13-8-14-51-30-12-11-25(50-4)17-26(30)32(46)39-28/h5-7,9-12,17,19-22,27-28,31,45H,8,13-16,18H2,1-4H3,(H,37,47)(H,38,49)(H,39,46)(H,41,48)/t22-,27-,28+,31+/m1/s1. The van der Waals surface area contributed by atoms with Crippen molar-refractivity contribution in [2.24, 2.45) is 5.92 Å². The number of aliphatic hydroxyl groups excluding tert-OH is 1. The molecule has 1 aliphatic heterocycles. The predicted molar refractivity (Wildman–Crippen MR) is 192 cm³/mol. The molecule has 0 saturated heterocycles. The van der Waals surface area contributed by atoms with Crippen LogP contribution in [0.25, 0.3) is 0 Å². The molecule has 0 radical (unpaired) electrons. The summed E-state index contributed by atoms with van der Waals surface area (Å²) in [4.78, 5) is 58.9. The van der Waals surface area contributed by atoms with Gasteiger partial charge in [-0.15, -0.1) is 16.4 Å². The minimum absolute atomic E-state index is 0.00735. The van der Waals surface area contributed by atoms with Crippen molar-refractivity contribution in [3.05, 3.63) is 87.6 Å². The molecule has 0 unspecified atom stereocenters. The number of ether oxygens (including phenoxy) is 2. The number of amides is 4. The fraction of sp³-hybridized carbons (Fsp3) is 0.417. The quantitative estimate of drug-likeness (QED) is 0.196. The van der Waals surface area contributed by atoms with Gasteiger partial charge < -0.3 is 35.8 Å². The third kappa shape index (κ3) is 10.1. The van der Waals surface area contributed by atoms with E-state index in [0.29, 0.717) is 41.6 Å². The Balaban J connectivity index is 1.45. The Labute approximate surface area is 305 Å². The Morgan fingerprint density at radius 1 is 1.00 bits per heavy atom. The van der Waals surface area contributed by atoms with Gasteiger partial charge in [0.25, 0.3) is 11.8 Å². The van der Waals surface area contributed by atoms with Crippen LogP contribution in [-0.2, 0) is 29.1 Å². The molecule has 5 N–H and O–H groups in total. The lowest BCUT2D eigenvalue weighted by atomic mass is 10.0. The monoisotopic (exact) mass is 732 g/mol. The second-order valence-corrected chi connectivity index (χ2v) is 13.8. The highest BCUT2D eigenvalue weighted by Crippen LogP contribution is 2.29. The lowest BCUT2D eigenvalue weighted by Crippen LogP contribution is -2.57. The minimum Gasteiger partial charge on any atom is -0.497 e. The maximum Gasteiger partial charge on any atom is 0.271 e. The molecule has 276 valence electrons. The number of hydrogen-bond donors (Lipinski definition) is 5. The number of aromatic nitrogens is 4. The predicted octanol–water partition coefficient (Wildman–Crippen LogP) is 2.57. The van der Waals surface area contributed by atoms with Crippen molar-refractivity contribution in [3.63, 3.8) is 0 Å². The van der Waals surface area contributed by atoms with E-state index in [0.717, 1.165) is 5.56 Å². The molecule has 4 aromatic rings. The molecule has 3 heterocycles. The Kier molecular flexibility index (Phi) is 12.9. The number of nitrogens with zero attached hydrogens (tertiary/aromatic N) is 4. The maximum absolute atomic E-state index is 13.8. The van der Waals surface area contributed by atoms with Gasteiger partial charge in [-0.2, -0.15) is 0 Å². The van der Waals surface area contributed by atoms with Gasteiger partial charge in [-0.3, -0.25) is 23.9 Å². The van der Waals surface area contributed by atoms with Crippen LogP contribution in [0.1, 0.15) is 76.8 Å². The van der Waals surface area contributed by atoms with E-state index in [1.165, 1.54) is 30.8 Å². The number of thiazole rings is 1. The van der Waals surface area contributed by atoms with Gasteiger partial charge in [-0.05, 0) is 43.0 Å². The molecule has 0 saturated carbocycles. The third-order valence-electron chi connectivity index (χ3n) is 8.28. The molecule has 15 nitrogen and oxygen atoms in total. The summed E-state index contributed by atoms with van der Waals surface area (Å²) in [6.45, 7) is 6.16. The zero-order chi connectivity index (χ0) is 37.2.